The number of halogens is 1. The number of ether oxygens (including phenoxy) is 1. The molecule has 1 aromatic carbocycles. The van der Waals surface area contributed by atoms with Crippen LogP contribution in [0.25, 0.3) is 0 Å². The molecule has 0 aliphatic heterocycles. The first-order valence-electron chi connectivity index (χ1n) is 5.33. The van der Waals surface area contributed by atoms with Gasteiger partial charge in [-0.25, -0.2) is 9.97 Å². The molecule has 0 amide bonds. The minimum atomic E-state index is 0.472. The van der Waals surface area contributed by atoms with Crippen molar-refractivity contribution >= 4 is 21.6 Å². The van der Waals surface area contributed by atoms with Gasteiger partial charge in [-0.1, -0.05) is 6.08 Å². The van der Waals surface area contributed by atoms with Crippen LogP contribution in [0.2, 0.25) is 0 Å². The smallest absolute Gasteiger partial charge is 0.236 e. The largest absolute Gasteiger partial charge is 0.437 e. The molecule has 0 aliphatic rings. The van der Waals surface area contributed by atoms with E-state index >= 15 is 0 Å². The SMILES string of the molecule is C=CCc1cc(N)ccc1Oc1ncncc1Br. The predicted octanol–water partition coefficient (Wildman–Crippen LogP) is 3.34. The van der Waals surface area contributed by atoms with E-state index < -0.39 is 0 Å². The third kappa shape index (κ3) is 2.87. The number of aromatic nitrogens is 2. The average Bonchev–Trinajstić information content (AvgIpc) is 2.35. The third-order valence-electron chi connectivity index (χ3n) is 2.29. The van der Waals surface area contributed by atoms with Crippen molar-refractivity contribution in [1.82, 2.24) is 9.97 Å². The molecule has 0 saturated heterocycles. The fourth-order valence-electron chi connectivity index (χ4n) is 1.49. The molecule has 2 aromatic rings. The molecule has 18 heavy (non-hydrogen) atoms. The monoisotopic (exact) mass is 305 g/mol. The van der Waals surface area contributed by atoms with Crippen LogP contribution in [0.5, 0.6) is 11.6 Å². The highest BCUT2D eigenvalue weighted by Gasteiger charge is 2.08. The van der Waals surface area contributed by atoms with Gasteiger partial charge in [0, 0.05) is 17.4 Å². The quantitative estimate of drug-likeness (QED) is 0.695. The van der Waals surface area contributed by atoms with Crippen LogP contribution < -0.4 is 10.5 Å². The minimum absolute atomic E-state index is 0.472. The lowest BCUT2D eigenvalue weighted by Crippen LogP contribution is -1.96. The average molecular weight is 306 g/mol. The number of hydrogen-bond acceptors (Lipinski definition) is 4. The van der Waals surface area contributed by atoms with E-state index in [2.05, 4.69) is 32.5 Å². The molecule has 0 unspecified atom stereocenters. The van der Waals surface area contributed by atoms with Gasteiger partial charge < -0.3 is 10.5 Å². The molecule has 1 heterocycles. The van der Waals surface area contributed by atoms with E-state index in [1.54, 1.807) is 18.3 Å². The lowest BCUT2D eigenvalue weighted by molar-refractivity contribution is 0.453. The van der Waals surface area contributed by atoms with Crippen molar-refractivity contribution in [2.45, 2.75) is 6.42 Å². The van der Waals surface area contributed by atoms with Crippen molar-refractivity contribution in [2.24, 2.45) is 0 Å². The Balaban J connectivity index is 2.34. The Hall–Kier alpha value is -1.88. The summed E-state index contributed by atoms with van der Waals surface area (Å²) in [4.78, 5) is 7.95. The summed E-state index contributed by atoms with van der Waals surface area (Å²) in [6.45, 7) is 3.72. The summed E-state index contributed by atoms with van der Waals surface area (Å²) in [5, 5.41) is 0. The maximum atomic E-state index is 5.76. The Kier molecular flexibility index (Phi) is 3.94. The van der Waals surface area contributed by atoms with E-state index in [1.807, 2.05) is 12.1 Å². The van der Waals surface area contributed by atoms with Gasteiger partial charge in [-0.2, -0.15) is 0 Å². The number of hydrogen-bond donors (Lipinski definition) is 1. The molecule has 0 aliphatic carbocycles. The number of rotatable bonds is 4. The molecule has 0 fully saturated rings. The van der Waals surface area contributed by atoms with Gasteiger partial charge in [-0.05, 0) is 40.5 Å². The Morgan fingerprint density at radius 2 is 2.28 bits per heavy atom. The molecular formula is C13H12BrN3O. The maximum Gasteiger partial charge on any atom is 0.236 e. The van der Waals surface area contributed by atoms with Gasteiger partial charge in [0.05, 0.1) is 4.47 Å². The number of nitrogens with two attached hydrogens (primary N) is 1. The Morgan fingerprint density at radius 1 is 1.44 bits per heavy atom. The first-order valence-corrected chi connectivity index (χ1v) is 6.12. The standard InChI is InChI=1S/C13H12BrN3O/c1-2-3-9-6-10(15)4-5-12(9)18-13-11(14)7-16-8-17-13/h2,4-8H,1,3,15H2. The minimum Gasteiger partial charge on any atom is -0.437 e. The summed E-state index contributed by atoms with van der Waals surface area (Å²) >= 11 is 3.34. The molecule has 5 heteroatoms. The molecule has 4 nitrogen and oxygen atoms in total. The van der Waals surface area contributed by atoms with E-state index in [1.165, 1.54) is 6.33 Å². The van der Waals surface area contributed by atoms with Crippen LogP contribution in [0.3, 0.4) is 0 Å². The van der Waals surface area contributed by atoms with Crippen molar-refractivity contribution < 1.29 is 4.74 Å². The zero-order valence-electron chi connectivity index (χ0n) is 9.64. The molecule has 2 N–H and O–H groups in total. The molecule has 0 bridgehead atoms. The molecule has 0 saturated carbocycles. The molecular weight excluding hydrogens is 294 g/mol. The van der Waals surface area contributed by atoms with Gasteiger partial charge in [-0.3, -0.25) is 0 Å². The van der Waals surface area contributed by atoms with Crippen LogP contribution in [-0.4, -0.2) is 9.97 Å². The highest BCUT2D eigenvalue weighted by molar-refractivity contribution is 9.10. The van der Waals surface area contributed by atoms with Crippen LogP contribution in [-0.2, 0) is 6.42 Å². The number of allylic oxidation sites excluding steroid dienone is 1. The van der Waals surface area contributed by atoms with E-state index in [9.17, 15) is 0 Å². The normalized spacial score (nSPS) is 10.1. The zero-order valence-corrected chi connectivity index (χ0v) is 11.2. The highest BCUT2D eigenvalue weighted by Crippen LogP contribution is 2.30. The second-order valence-corrected chi connectivity index (χ2v) is 4.49. The van der Waals surface area contributed by atoms with Gasteiger partial charge in [-0.15, -0.1) is 6.58 Å². The third-order valence-corrected chi connectivity index (χ3v) is 2.83. The summed E-state index contributed by atoms with van der Waals surface area (Å²) in [7, 11) is 0. The van der Waals surface area contributed by atoms with Gasteiger partial charge >= 0.3 is 0 Å². The van der Waals surface area contributed by atoms with Crippen molar-refractivity contribution in [1.29, 1.82) is 0 Å². The number of benzene rings is 1. The summed E-state index contributed by atoms with van der Waals surface area (Å²) < 4.78 is 6.45. The predicted molar refractivity (Wildman–Crippen MR) is 74.6 cm³/mol. The van der Waals surface area contributed by atoms with Crippen LogP contribution in [0.1, 0.15) is 5.56 Å². The second kappa shape index (κ2) is 5.64. The molecule has 0 spiro atoms. The Bertz CT molecular complexity index is 572. The van der Waals surface area contributed by atoms with Crippen LogP contribution >= 0.6 is 15.9 Å². The molecule has 92 valence electrons. The Labute approximate surface area is 114 Å². The fourth-order valence-corrected chi connectivity index (χ4v) is 1.80. The molecule has 1 aromatic heterocycles. The first kappa shape index (κ1) is 12.6. The lowest BCUT2D eigenvalue weighted by Gasteiger charge is -2.10. The summed E-state index contributed by atoms with van der Waals surface area (Å²) in [6, 6.07) is 5.48. The highest BCUT2D eigenvalue weighted by atomic mass is 79.9. The van der Waals surface area contributed by atoms with Crippen molar-refractivity contribution in [2.75, 3.05) is 5.73 Å². The van der Waals surface area contributed by atoms with Crippen molar-refractivity contribution in [3.05, 3.63) is 53.4 Å². The summed E-state index contributed by atoms with van der Waals surface area (Å²) in [6.07, 6.45) is 5.55. The van der Waals surface area contributed by atoms with Crippen molar-refractivity contribution in [3.8, 4) is 11.6 Å². The zero-order chi connectivity index (χ0) is 13.0. The summed E-state index contributed by atoms with van der Waals surface area (Å²) in [5.41, 5.74) is 7.42. The second-order valence-electron chi connectivity index (χ2n) is 3.64. The lowest BCUT2D eigenvalue weighted by atomic mass is 10.1. The van der Waals surface area contributed by atoms with E-state index in [-0.39, 0.29) is 0 Å². The van der Waals surface area contributed by atoms with Gasteiger partial charge in [0.1, 0.15) is 12.1 Å². The van der Waals surface area contributed by atoms with Crippen LogP contribution in [0, 0.1) is 0 Å². The van der Waals surface area contributed by atoms with Crippen molar-refractivity contribution in [3.63, 3.8) is 0 Å². The first-order chi connectivity index (χ1) is 8.70. The number of anilines is 1. The van der Waals surface area contributed by atoms with Gasteiger partial charge in [0.25, 0.3) is 0 Å². The van der Waals surface area contributed by atoms with Crippen LogP contribution in [0.15, 0.2) is 47.9 Å². The molecule has 0 atom stereocenters. The molecule has 0 radical (unpaired) electrons. The van der Waals surface area contributed by atoms with Crippen LogP contribution in [0.4, 0.5) is 5.69 Å². The summed E-state index contributed by atoms with van der Waals surface area (Å²) in [5.74, 6) is 1.18. The molecule has 2 rings (SSSR count). The Morgan fingerprint density at radius 3 is 3.00 bits per heavy atom. The fraction of sp³-hybridized carbons (Fsp3) is 0.0769. The van der Waals surface area contributed by atoms with Gasteiger partial charge in [0.2, 0.25) is 5.88 Å². The number of nitrogen functional groups attached to an aromatic ring is 1. The maximum absolute atomic E-state index is 5.76. The van der Waals surface area contributed by atoms with E-state index in [0.29, 0.717) is 28.2 Å². The van der Waals surface area contributed by atoms with E-state index in [0.717, 1.165) is 5.56 Å². The number of nitrogens with zero attached hydrogens (tertiary/aromatic N) is 2. The topological polar surface area (TPSA) is 61.0 Å². The van der Waals surface area contributed by atoms with E-state index in [4.69, 9.17) is 10.5 Å². The van der Waals surface area contributed by atoms with Gasteiger partial charge in [0.15, 0.2) is 0 Å².